The zero-order valence-electron chi connectivity index (χ0n) is 10.6. The van der Waals surface area contributed by atoms with Gasteiger partial charge in [-0.1, -0.05) is 31.9 Å². The van der Waals surface area contributed by atoms with Crippen molar-refractivity contribution in [1.29, 1.82) is 0 Å². The third-order valence-corrected chi connectivity index (χ3v) is 3.80. The maximum atomic E-state index is 5.96. The van der Waals surface area contributed by atoms with Crippen LogP contribution in [0.25, 0.3) is 0 Å². The van der Waals surface area contributed by atoms with Gasteiger partial charge in [0.25, 0.3) is 0 Å². The molecule has 0 fully saturated rings. The van der Waals surface area contributed by atoms with Crippen LogP contribution in [-0.4, -0.2) is 22.3 Å². The maximum Gasteiger partial charge on any atom is 0.156 e. The van der Waals surface area contributed by atoms with Gasteiger partial charge in [0, 0.05) is 18.4 Å². The predicted molar refractivity (Wildman–Crippen MR) is 72.6 cm³/mol. The topological polar surface area (TPSA) is 35.0 Å². The highest BCUT2D eigenvalue weighted by Gasteiger charge is 2.06. The summed E-state index contributed by atoms with van der Waals surface area (Å²) in [6, 6.07) is 1.81. The molecule has 0 amide bonds. The minimum Gasteiger partial charge on any atom is -0.374 e. The molecule has 0 aliphatic carbocycles. The van der Waals surface area contributed by atoms with Gasteiger partial charge in [-0.25, -0.2) is 9.97 Å². The molecule has 0 aliphatic heterocycles. The zero-order valence-corrected chi connectivity index (χ0v) is 12.1. The fourth-order valence-electron chi connectivity index (χ4n) is 1.12. The fourth-order valence-corrected chi connectivity index (χ4v) is 2.44. The molecule has 0 radical (unpaired) electrons. The van der Waals surface area contributed by atoms with Crippen LogP contribution in [0.3, 0.4) is 0 Å². The summed E-state index contributed by atoms with van der Waals surface area (Å²) >= 11 is 7.68. The highest BCUT2D eigenvalue weighted by atomic mass is 35.5. The first-order valence-electron chi connectivity index (χ1n) is 5.89. The summed E-state index contributed by atoms with van der Waals surface area (Å²) in [5.74, 6) is 2.40. The van der Waals surface area contributed by atoms with E-state index in [9.17, 15) is 0 Å². The van der Waals surface area contributed by atoms with Gasteiger partial charge < -0.3 is 4.74 Å². The van der Waals surface area contributed by atoms with Crippen molar-refractivity contribution in [1.82, 2.24) is 9.97 Å². The highest BCUT2D eigenvalue weighted by molar-refractivity contribution is 7.99. The van der Waals surface area contributed by atoms with E-state index in [1.807, 2.05) is 13.0 Å². The summed E-state index contributed by atoms with van der Waals surface area (Å²) in [5, 5.41) is 1.42. The van der Waals surface area contributed by atoms with Crippen LogP contribution in [0.4, 0.5) is 0 Å². The van der Waals surface area contributed by atoms with Gasteiger partial charge in [-0.05, 0) is 12.8 Å². The minimum absolute atomic E-state index is 0.425. The largest absolute Gasteiger partial charge is 0.374 e. The first kappa shape index (κ1) is 14.7. The van der Waals surface area contributed by atoms with Crippen molar-refractivity contribution < 1.29 is 4.74 Å². The van der Waals surface area contributed by atoms with E-state index in [1.165, 1.54) is 6.42 Å². The third kappa shape index (κ3) is 5.70. The van der Waals surface area contributed by atoms with Gasteiger partial charge in [-0.2, -0.15) is 0 Å². The number of halogens is 1. The lowest BCUT2D eigenvalue weighted by atomic mass is 10.2. The molecule has 5 heteroatoms. The standard InChI is InChI=1S/C12H19ClN2OS/c1-4-9(3)8-17-12-6-10(13)14-11(15-12)7-16-5-2/h6,9H,4-5,7-8H2,1-3H3. The average molecular weight is 275 g/mol. The van der Waals surface area contributed by atoms with E-state index in [2.05, 4.69) is 23.8 Å². The quantitative estimate of drug-likeness (QED) is 0.559. The van der Waals surface area contributed by atoms with Crippen LogP contribution >= 0.6 is 23.4 Å². The van der Waals surface area contributed by atoms with Crippen molar-refractivity contribution in [2.45, 2.75) is 38.8 Å². The first-order chi connectivity index (χ1) is 8.15. The summed E-state index contributed by atoms with van der Waals surface area (Å²) in [4.78, 5) is 8.55. The van der Waals surface area contributed by atoms with E-state index in [0.717, 1.165) is 10.8 Å². The van der Waals surface area contributed by atoms with Crippen LogP contribution in [-0.2, 0) is 11.3 Å². The minimum atomic E-state index is 0.425. The van der Waals surface area contributed by atoms with Crippen LogP contribution in [0, 0.1) is 5.92 Å². The summed E-state index contributed by atoms with van der Waals surface area (Å²) < 4.78 is 5.28. The second-order valence-corrected chi connectivity index (χ2v) is 5.33. The van der Waals surface area contributed by atoms with E-state index < -0.39 is 0 Å². The van der Waals surface area contributed by atoms with E-state index >= 15 is 0 Å². The Labute approximate surface area is 112 Å². The summed E-state index contributed by atoms with van der Waals surface area (Å²) in [6.45, 7) is 7.46. The molecule has 1 unspecified atom stereocenters. The first-order valence-corrected chi connectivity index (χ1v) is 7.26. The van der Waals surface area contributed by atoms with Gasteiger partial charge in [0.2, 0.25) is 0 Å². The lowest BCUT2D eigenvalue weighted by Gasteiger charge is -2.08. The molecule has 3 nitrogen and oxygen atoms in total. The molecule has 1 aromatic heterocycles. The molecular weight excluding hydrogens is 256 g/mol. The number of hydrogen-bond donors (Lipinski definition) is 0. The van der Waals surface area contributed by atoms with Gasteiger partial charge in [-0.3, -0.25) is 0 Å². The van der Waals surface area contributed by atoms with Crippen molar-refractivity contribution in [3.8, 4) is 0 Å². The highest BCUT2D eigenvalue weighted by Crippen LogP contribution is 2.22. The second kappa shape index (κ2) is 7.90. The SMILES string of the molecule is CCOCc1nc(Cl)cc(SCC(C)CC)n1. The Morgan fingerprint density at radius 2 is 2.18 bits per heavy atom. The van der Waals surface area contributed by atoms with Crippen LogP contribution in [0.1, 0.15) is 33.0 Å². The smallest absolute Gasteiger partial charge is 0.156 e. The van der Waals surface area contributed by atoms with Crippen LogP contribution in [0.2, 0.25) is 5.15 Å². The third-order valence-electron chi connectivity index (χ3n) is 2.37. The Hall–Kier alpha value is -0.320. The average Bonchev–Trinajstić information content (AvgIpc) is 2.32. The summed E-state index contributed by atoms with van der Waals surface area (Å²) in [6.07, 6.45) is 1.18. The van der Waals surface area contributed by atoms with Gasteiger partial charge in [0.05, 0.1) is 0 Å². The van der Waals surface area contributed by atoms with Gasteiger partial charge in [0.15, 0.2) is 5.82 Å². The monoisotopic (exact) mass is 274 g/mol. The molecular formula is C12H19ClN2OS. The molecule has 0 aromatic carbocycles. The lowest BCUT2D eigenvalue weighted by Crippen LogP contribution is -2.01. The predicted octanol–water partition coefficient (Wildman–Crippen LogP) is 3.80. The van der Waals surface area contributed by atoms with Crippen LogP contribution in [0.15, 0.2) is 11.1 Å². The Bertz CT molecular complexity index is 349. The molecule has 1 heterocycles. The normalized spacial score (nSPS) is 12.7. The van der Waals surface area contributed by atoms with Crippen LogP contribution < -0.4 is 0 Å². The number of aromatic nitrogens is 2. The lowest BCUT2D eigenvalue weighted by molar-refractivity contribution is 0.128. The number of nitrogens with zero attached hydrogens (tertiary/aromatic N) is 2. The number of hydrogen-bond acceptors (Lipinski definition) is 4. The van der Waals surface area contributed by atoms with E-state index in [1.54, 1.807) is 11.8 Å². The van der Waals surface area contributed by atoms with Crippen molar-refractivity contribution in [2.75, 3.05) is 12.4 Å². The molecule has 0 spiro atoms. The van der Waals surface area contributed by atoms with Gasteiger partial charge in [0.1, 0.15) is 16.8 Å². The molecule has 0 aliphatic rings. The van der Waals surface area contributed by atoms with Crippen molar-refractivity contribution in [3.63, 3.8) is 0 Å². The van der Waals surface area contributed by atoms with Gasteiger partial charge >= 0.3 is 0 Å². The molecule has 96 valence electrons. The Morgan fingerprint density at radius 3 is 2.82 bits per heavy atom. The Kier molecular flexibility index (Phi) is 6.85. The van der Waals surface area contributed by atoms with Crippen molar-refractivity contribution in [3.05, 3.63) is 17.0 Å². The van der Waals surface area contributed by atoms with Crippen LogP contribution in [0.5, 0.6) is 0 Å². The Morgan fingerprint density at radius 1 is 1.41 bits per heavy atom. The molecule has 17 heavy (non-hydrogen) atoms. The number of thioether (sulfide) groups is 1. The molecule has 0 saturated carbocycles. The molecule has 1 atom stereocenters. The summed E-state index contributed by atoms with van der Waals surface area (Å²) in [5.41, 5.74) is 0. The molecule has 1 aromatic rings. The summed E-state index contributed by atoms with van der Waals surface area (Å²) in [7, 11) is 0. The number of rotatable bonds is 7. The molecule has 0 bridgehead atoms. The number of ether oxygens (including phenoxy) is 1. The van der Waals surface area contributed by atoms with E-state index in [4.69, 9.17) is 16.3 Å². The Balaban J connectivity index is 2.61. The van der Waals surface area contributed by atoms with E-state index in [-0.39, 0.29) is 0 Å². The van der Waals surface area contributed by atoms with E-state index in [0.29, 0.717) is 30.1 Å². The zero-order chi connectivity index (χ0) is 12.7. The maximum absolute atomic E-state index is 5.96. The van der Waals surface area contributed by atoms with Crippen molar-refractivity contribution >= 4 is 23.4 Å². The molecule has 0 saturated heterocycles. The second-order valence-electron chi connectivity index (χ2n) is 3.91. The van der Waals surface area contributed by atoms with Crippen molar-refractivity contribution in [2.24, 2.45) is 5.92 Å². The fraction of sp³-hybridized carbons (Fsp3) is 0.667. The van der Waals surface area contributed by atoms with Gasteiger partial charge in [-0.15, -0.1) is 11.8 Å². The molecule has 1 rings (SSSR count). The molecule has 0 N–H and O–H groups in total.